The van der Waals surface area contributed by atoms with E-state index in [1.807, 2.05) is 0 Å². The van der Waals surface area contributed by atoms with E-state index in [-0.39, 0.29) is 17.8 Å². The van der Waals surface area contributed by atoms with Gasteiger partial charge in [-0.2, -0.15) is 0 Å². The summed E-state index contributed by atoms with van der Waals surface area (Å²) in [5.41, 5.74) is 6.89. The van der Waals surface area contributed by atoms with Crippen molar-refractivity contribution in [3.8, 4) is 0 Å². The molecule has 0 aromatic heterocycles. The number of sulfonamides is 1. The molecular formula is C14H22N2O3S. The predicted octanol–water partition coefficient (Wildman–Crippen LogP) is 1.24. The maximum absolute atomic E-state index is 12.0. The SMILES string of the molecule is Nc1ccc(CS(=O)(=O)NCC2CCCCC2O)cc1. The maximum Gasteiger partial charge on any atom is 0.215 e. The summed E-state index contributed by atoms with van der Waals surface area (Å²) < 4.78 is 26.6. The molecule has 0 heterocycles. The Hall–Kier alpha value is -1.11. The molecule has 1 aliphatic carbocycles. The molecule has 20 heavy (non-hydrogen) atoms. The van der Waals surface area contributed by atoms with E-state index in [9.17, 15) is 13.5 Å². The molecule has 6 heteroatoms. The Bertz CT molecular complexity index is 528. The maximum atomic E-state index is 12.0. The second kappa shape index (κ2) is 6.56. The van der Waals surface area contributed by atoms with Crippen LogP contribution in [0.1, 0.15) is 31.2 Å². The van der Waals surface area contributed by atoms with Crippen LogP contribution in [0.5, 0.6) is 0 Å². The quantitative estimate of drug-likeness (QED) is 0.713. The summed E-state index contributed by atoms with van der Waals surface area (Å²) in [6.07, 6.45) is 3.34. The minimum absolute atomic E-state index is 0.0324. The summed E-state index contributed by atoms with van der Waals surface area (Å²) in [6, 6.07) is 6.81. The molecule has 0 bridgehead atoms. The van der Waals surface area contributed by atoms with Crippen LogP contribution in [-0.2, 0) is 15.8 Å². The lowest BCUT2D eigenvalue weighted by atomic mass is 9.87. The van der Waals surface area contributed by atoms with Gasteiger partial charge in [-0.05, 0) is 36.5 Å². The number of nitrogen functional groups attached to an aromatic ring is 1. The number of hydrogen-bond acceptors (Lipinski definition) is 4. The molecule has 1 fully saturated rings. The van der Waals surface area contributed by atoms with E-state index in [1.165, 1.54) is 0 Å². The van der Waals surface area contributed by atoms with E-state index >= 15 is 0 Å². The van der Waals surface area contributed by atoms with Crippen LogP contribution in [-0.4, -0.2) is 26.2 Å². The molecule has 5 nitrogen and oxygen atoms in total. The molecular weight excluding hydrogens is 276 g/mol. The predicted molar refractivity (Wildman–Crippen MR) is 79.4 cm³/mol. The number of anilines is 1. The number of aliphatic hydroxyl groups excluding tert-OH is 1. The number of hydrogen-bond donors (Lipinski definition) is 3. The van der Waals surface area contributed by atoms with Crippen molar-refractivity contribution in [2.45, 2.75) is 37.5 Å². The third-order valence-corrected chi connectivity index (χ3v) is 5.09. The topological polar surface area (TPSA) is 92.4 Å². The fraction of sp³-hybridized carbons (Fsp3) is 0.571. The summed E-state index contributed by atoms with van der Waals surface area (Å²) in [5, 5.41) is 9.84. The lowest BCUT2D eigenvalue weighted by Crippen LogP contribution is -2.37. The van der Waals surface area contributed by atoms with Crippen molar-refractivity contribution in [2.75, 3.05) is 12.3 Å². The molecule has 0 spiro atoms. The van der Waals surface area contributed by atoms with E-state index in [2.05, 4.69) is 4.72 Å². The highest BCUT2D eigenvalue weighted by Gasteiger charge is 2.24. The van der Waals surface area contributed by atoms with Crippen LogP contribution in [0.15, 0.2) is 24.3 Å². The summed E-state index contributed by atoms with van der Waals surface area (Å²) in [5.74, 6) is -0.0271. The third-order valence-electron chi connectivity index (χ3n) is 3.77. The number of nitrogens with one attached hydrogen (secondary N) is 1. The Morgan fingerprint density at radius 2 is 1.85 bits per heavy atom. The first-order valence-corrected chi connectivity index (χ1v) is 8.61. The highest BCUT2D eigenvalue weighted by Crippen LogP contribution is 2.23. The molecule has 1 aromatic rings. The van der Waals surface area contributed by atoms with Gasteiger partial charge in [0.05, 0.1) is 11.9 Å². The second-order valence-corrected chi connectivity index (χ2v) is 7.27. The van der Waals surface area contributed by atoms with Gasteiger partial charge in [-0.3, -0.25) is 0 Å². The Balaban J connectivity index is 1.89. The van der Waals surface area contributed by atoms with Crippen molar-refractivity contribution < 1.29 is 13.5 Å². The number of nitrogens with two attached hydrogens (primary N) is 1. The van der Waals surface area contributed by atoms with E-state index in [1.54, 1.807) is 24.3 Å². The standard InChI is InChI=1S/C14H22N2O3S/c15-13-7-5-11(6-8-13)10-20(18,19)16-9-12-3-1-2-4-14(12)17/h5-8,12,14,16-17H,1-4,9-10,15H2. The van der Waals surface area contributed by atoms with Gasteiger partial charge in [0.1, 0.15) is 0 Å². The van der Waals surface area contributed by atoms with Crippen molar-refractivity contribution in [1.29, 1.82) is 0 Å². The van der Waals surface area contributed by atoms with Gasteiger partial charge in [-0.1, -0.05) is 25.0 Å². The van der Waals surface area contributed by atoms with E-state index in [4.69, 9.17) is 5.73 Å². The lowest BCUT2D eigenvalue weighted by molar-refractivity contribution is 0.0724. The van der Waals surface area contributed by atoms with Crippen LogP contribution in [0, 0.1) is 5.92 Å². The highest BCUT2D eigenvalue weighted by atomic mass is 32.2. The first-order valence-electron chi connectivity index (χ1n) is 6.96. The molecule has 2 rings (SSSR count). The van der Waals surface area contributed by atoms with Crippen LogP contribution in [0.3, 0.4) is 0 Å². The highest BCUT2D eigenvalue weighted by molar-refractivity contribution is 7.88. The van der Waals surface area contributed by atoms with Crippen molar-refractivity contribution in [1.82, 2.24) is 4.72 Å². The Labute approximate surface area is 120 Å². The first kappa shape index (κ1) is 15.3. The van der Waals surface area contributed by atoms with Crippen molar-refractivity contribution in [2.24, 2.45) is 5.92 Å². The third kappa shape index (κ3) is 4.47. The van der Waals surface area contributed by atoms with Gasteiger partial charge in [0.15, 0.2) is 0 Å². The second-order valence-electron chi connectivity index (χ2n) is 5.46. The molecule has 1 aliphatic rings. The Morgan fingerprint density at radius 3 is 2.50 bits per heavy atom. The number of aliphatic hydroxyl groups is 1. The van der Waals surface area contributed by atoms with E-state index in [0.717, 1.165) is 25.7 Å². The summed E-state index contributed by atoms with van der Waals surface area (Å²) in [4.78, 5) is 0. The van der Waals surface area contributed by atoms with Gasteiger partial charge in [-0.15, -0.1) is 0 Å². The van der Waals surface area contributed by atoms with Gasteiger partial charge in [0.2, 0.25) is 10.0 Å². The largest absolute Gasteiger partial charge is 0.399 e. The van der Waals surface area contributed by atoms with Gasteiger partial charge in [-0.25, -0.2) is 13.1 Å². The summed E-state index contributed by atoms with van der Waals surface area (Å²) in [6.45, 7) is 0.318. The molecule has 0 saturated heterocycles. The van der Waals surface area contributed by atoms with E-state index in [0.29, 0.717) is 17.8 Å². The number of rotatable bonds is 5. The van der Waals surface area contributed by atoms with Crippen LogP contribution >= 0.6 is 0 Å². The molecule has 112 valence electrons. The van der Waals surface area contributed by atoms with Crippen LogP contribution in [0.2, 0.25) is 0 Å². The first-order chi connectivity index (χ1) is 9.46. The molecule has 1 saturated carbocycles. The van der Waals surface area contributed by atoms with Crippen LogP contribution < -0.4 is 10.5 Å². The smallest absolute Gasteiger partial charge is 0.215 e. The Morgan fingerprint density at radius 1 is 1.20 bits per heavy atom. The zero-order valence-corrected chi connectivity index (χ0v) is 12.3. The molecule has 1 aromatic carbocycles. The Kier molecular flexibility index (Phi) is 5.01. The minimum atomic E-state index is -3.37. The zero-order valence-electron chi connectivity index (χ0n) is 11.5. The fourth-order valence-electron chi connectivity index (χ4n) is 2.54. The average molecular weight is 298 g/mol. The molecule has 0 aliphatic heterocycles. The van der Waals surface area contributed by atoms with E-state index < -0.39 is 10.0 Å². The summed E-state index contributed by atoms with van der Waals surface area (Å²) >= 11 is 0. The van der Waals surface area contributed by atoms with Gasteiger partial charge >= 0.3 is 0 Å². The zero-order chi connectivity index (χ0) is 14.6. The molecule has 2 atom stereocenters. The molecule has 2 unspecified atom stereocenters. The molecule has 0 amide bonds. The fourth-order valence-corrected chi connectivity index (χ4v) is 3.75. The van der Waals surface area contributed by atoms with Crippen molar-refractivity contribution in [3.63, 3.8) is 0 Å². The van der Waals surface area contributed by atoms with Gasteiger partial charge < -0.3 is 10.8 Å². The van der Waals surface area contributed by atoms with Crippen LogP contribution in [0.4, 0.5) is 5.69 Å². The summed E-state index contributed by atoms with van der Waals surface area (Å²) in [7, 11) is -3.37. The molecule has 0 radical (unpaired) electrons. The lowest BCUT2D eigenvalue weighted by Gasteiger charge is -2.27. The minimum Gasteiger partial charge on any atom is -0.399 e. The van der Waals surface area contributed by atoms with Crippen molar-refractivity contribution >= 4 is 15.7 Å². The monoisotopic (exact) mass is 298 g/mol. The number of benzene rings is 1. The average Bonchev–Trinajstić information content (AvgIpc) is 2.40. The normalized spacial score (nSPS) is 23.6. The van der Waals surface area contributed by atoms with Crippen molar-refractivity contribution in [3.05, 3.63) is 29.8 Å². The van der Waals surface area contributed by atoms with Gasteiger partial charge in [0.25, 0.3) is 0 Å². The van der Waals surface area contributed by atoms with Crippen LogP contribution in [0.25, 0.3) is 0 Å². The molecule has 4 N–H and O–H groups in total. The van der Waals surface area contributed by atoms with Gasteiger partial charge in [0, 0.05) is 12.2 Å².